The van der Waals surface area contributed by atoms with Gasteiger partial charge in [-0.3, -0.25) is 4.79 Å². The molecule has 94 valence electrons. The van der Waals surface area contributed by atoms with Crippen LogP contribution < -0.4 is 0 Å². The van der Waals surface area contributed by atoms with E-state index in [0.29, 0.717) is 0 Å². The van der Waals surface area contributed by atoms with E-state index >= 15 is 0 Å². The van der Waals surface area contributed by atoms with Gasteiger partial charge in [0.2, 0.25) is 5.91 Å². The van der Waals surface area contributed by atoms with Gasteiger partial charge in [-0.05, 0) is 18.9 Å². The van der Waals surface area contributed by atoms with Crippen LogP contribution in [0, 0.1) is 0 Å². The molecule has 0 radical (unpaired) electrons. The van der Waals surface area contributed by atoms with Crippen molar-refractivity contribution >= 4 is 5.91 Å². The van der Waals surface area contributed by atoms with Gasteiger partial charge in [0.25, 0.3) is 0 Å². The zero-order chi connectivity index (χ0) is 12.1. The number of nitrogens with zero attached hydrogens (tertiary/aromatic N) is 2. The molecule has 0 saturated carbocycles. The van der Waals surface area contributed by atoms with Crippen LogP contribution in [0.4, 0.5) is 0 Å². The number of amides is 1. The summed E-state index contributed by atoms with van der Waals surface area (Å²) in [5.74, 6) is 0.0975. The number of methoxy groups -OCH3 is 1. The zero-order valence-corrected chi connectivity index (χ0v) is 10.4. The molecule has 1 amide bonds. The number of carbonyl (C=O) groups is 1. The van der Waals surface area contributed by atoms with Crippen molar-refractivity contribution in [2.45, 2.75) is 12.8 Å². The second-order valence-corrected chi connectivity index (χ2v) is 4.41. The zero-order valence-electron chi connectivity index (χ0n) is 10.4. The van der Waals surface area contributed by atoms with Crippen LogP contribution in [0.15, 0.2) is 23.9 Å². The third kappa shape index (κ3) is 3.09. The monoisotopic (exact) mass is 236 g/mol. The maximum atomic E-state index is 11.6. The van der Waals surface area contributed by atoms with Crippen molar-refractivity contribution < 1.29 is 9.53 Å². The Bertz CT molecular complexity index is 328. The first kappa shape index (κ1) is 12.2. The summed E-state index contributed by atoms with van der Waals surface area (Å²) in [6.45, 7) is 3.64. The van der Waals surface area contributed by atoms with Crippen LogP contribution in [0.5, 0.6) is 0 Å². The maximum absolute atomic E-state index is 11.6. The van der Waals surface area contributed by atoms with E-state index in [9.17, 15) is 4.79 Å². The van der Waals surface area contributed by atoms with Crippen molar-refractivity contribution in [3.8, 4) is 0 Å². The lowest BCUT2D eigenvalue weighted by atomic mass is 10.1. The average Bonchev–Trinajstić information content (AvgIpc) is 2.40. The van der Waals surface area contributed by atoms with E-state index < -0.39 is 0 Å². The van der Waals surface area contributed by atoms with Crippen LogP contribution in [-0.4, -0.2) is 55.6 Å². The summed E-state index contributed by atoms with van der Waals surface area (Å²) in [4.78, 5) is 15.9. The molecule has 1 saturated heterocycles. The van der Waals surface area contributed by atoms with Gasteiger partial charge in [-0.2, -0.15) is 0 Å². The molecule has 1 aliphatic heterocycles. The van der Waals surface area contributed by atoms with Gasteiger partial charge < -0.3 is 14.5 Å². The minimum absolute atomic E-state index is 0.0975. The van der Waals surface area contributed by atoms with Gasteiger partial charge in [-0.15, -0.1) is 0 Å². The number of ether oxygens (including phenoxy) is 1. The molecule has 1 heterocycles. The molecule has 0 aromatic carbocycles. The number of hydrogen-bond donors (Lipinski definition) is 0. The van der Waals surface area contributed by atoms with E-state index in [-0.39, 0.29) is 12.5 Å². The number of rotatable bonds is 3. The van der Waals surface area contributed by atoms with Gasteiger partial charge in [-0.1, -0.05) is 12.2 Å². The molecule has 17 heavy (non-hydrogen) atoms. The molecule has 1 aliphatic carbocycles. The normalized spacial score (nSPS) is 20.4. The summed E-state index contributed by atoms with van der Waals surface area (Å²) in [5, 5.41) is 0. The largest absolute Gasteiger partial charge is 0.375 e. The summed E-state index contributed by atoms with van der Waals surface area (Å²) in [6, 6.07) is 0. The number of hydrogen-bond acceptors (Lipinski definition) is 3. The molecule has 1 fully saturated rings. The summed E-state index contributed by atoms with van der Waals surface area (Å²) < 4.78 is 4.87. The Labute approximate surface area is 103 Å². The topological polar surface area (TPSA) is 32.8 Å². The molecular formula is C13H20N2O2. The lowest BCUT2D eigenvalue weighted by Crippen LogP contribution is -2.49. The van der Waals surface area contributed by atoms with Crippen LogP contribution in [0.2, 0.25) is 0 Å². The Balaban J connectivity index is 1.83. The van der Waals surface area contributed by atoms with E-state index in [1.165, 1.54) is 5.70 Å². The first-order valence-electron chi connectivity index (χ1n) is 6.19. The van der Waals surface area contributed by atoms with Crippen LogP contribution >= 0.6 is 0 Å². The highest BCUT2D eigenvalue weighted by molar-refractivity contribution is 5.77. The average molecular weight is 236 g/mol. The highest BCUT2D eigenvalue weighted by Crippen LogP contribution is 2.16. The molecule has 0 N–H and O–H groups in total. The Morgan fingerprint density at radius 2 is 2.06 bits per heavy atom. The van der Waals surface area contributed by atoms with Crippen LogP contribution in [0.25, 0.3) is 0 Å². The van der Waals surface area contributed by atoms with Gasteiger partial charge in [-0.25, -0.2) is 0 Å². The Kier molecular flexibility index (Phi) is 4.20. The Hall–Kier alpha value is -1.29. The molecule has 0 bridgehead atoms. The van der Waals surface area contributed by atoms with Crippen LogP contribution in [0.1, 0.15) is 12.8 Å². The van der Waals surface area contributed by atoms with Crippen LogP contribution in [-0.2, 0) is 9.53 Å². The fourth-order valence-corrected chi connectivity index (χ4v) is 2.26. The van der Waals surface area contributed by atoms with Gasteiger partial charge >= 0.3 is 0 Å². The second kappa shape index (κ2) is 5.87. The van der Waals surface area contributed by atoms with Crippen molar-refractivity contribution in [1.29, 1.82) is 0 Å². The second-order valence-electron chi connectivity index (χ2n) is 4.41. The van der Waals surface area contributed by atoms with Gasteiger partial charge in [0, 0.05) is 39.0 Å². The van der Waals surface area contributed by atoms with E-state index in [1.807, 2.05) is 4.90 Å². The molecule has 2 rings (SSSR count). The fourth-order valence-electron chi connectivity index (χ4n) is 2.26. The van der Waals surface area contributed by atoms with E-state index in [4.69, 9.17) is 4.74 Å². The number of piperazine rings is 1. The molecule has 4 nitrogen and oxygen atoms in total. The predicted octanol–water partition coefficient (Wildman–Crippen LogP) is 1.01. The molecule has 0 spiro atoms. The maximum Gasteiger partial charge on any atom is 0.248 e. The molecule has 0 aromatic rings. The molecule has 0 unspecified atom stereocenters. The molecule has 2 aliphatic rings. The van der Waals surface area contributed by atoms with Gasteiger partial charge in [0.15, 0.2) is 0 Å². The smallest absolute Gasteiger partial charge is 0.248 e. The third-order valence-corrected chi connectivity index (χ3v) is 3.24. The van der Waals surface area contributed by atoms with Crippen molar-refractivity contribution in [2.24, 2.45) is 0 Å². The number of allylic oxidation sites excluding steroid dienone is 3. The van der Waals surface area contributed by atoms with Crippen molar-refractivity contribution in [1.82, 2.24) is 9.80 Å². The van der Waals surface area contributed by atoms with Crippen molar-refractivity contribution in [2.75, 3.05) is 39.9 Å². The minimum Gasteiger partial charge on any atom is -0.375 e. The molecule has 0 aromatic heterocycles. The van der Waals surface area contributed by atoms with E-state index in [0.717, 1.165) is 39.0 Å². The summed E-state index contributed by atoms with van der Waals surface area (Å²) in [5.41, 5.74) is 1.31. The van der Waals surface area contributed by atoms with Gasteiger partial charge in [0.05, 0.1) is 0 Å². The predicted molar refractivity (Wildman–Crippen MR) is 66.5 cm³/mol. The highest BCUT2D eigenvalue weighted by Gasteiger charge is 2.21. The lowest BCUT2D eigenvalue weighted by molar-refractivity contribution is -0.136. The molecule has 0 atom stereocenters. The quantitative estimate of drug-likeness (QED) is 0.733. The van der Waals surface area contributed by atoms with E-state index in [1.54, 1.807) is 7.11 Å². The van der Waals surface area contributed by atoms with E-state index in [2.05, 4.69) is 23.1 Å². The van der Waals surface area contributed by atoms with Crippen molar-refractivity contribution in [3.63, 3.8) is 0 Å². The highest BCUT2D eigenvalue weighted by atomic mass is 16.5. The first-order chi connectivity index (χ1) is 8.31. The fraction of sp³-hybridized carbons (Fsp3) is 0.615. The SMILES string of the molecule is COCC(=O)N1CCN(C2=CCCC=C2)CC1. The van der Waals surface area contributed by atoms with Crippen LogP contribution in [0.3, 0.4) is 0 Å². The summed E-state index contributed by atoms with van der Waals surface area (Å²) in [7, 11) is 1.56. The Morgan fingerprint density at radius 1 is 1.29 bits per heavy atom. The standard InChI is InChI=1S/C13H20N2O2/c1-17-11-13(16)15-9-7-14(8-10-15)12-5-3-2-4-6-12/h3,5-6H,2,4,7-11H2,1H3. The summed E-state index contributed by atoms with van der Waals surface area (Å²) in [6.07, 6.45) is 8.98. The molecular weight excluding hydrogens is 216 g/mol. The van der Waals surface area contributed by atoms with Crippen molar-refractivity contribution in [3.05, 3.63) is 23.9 Å². The lowest BCUT2D eigenvalue weighted by Gasteiger charge is -2.37. The molecule has 4 heteroatoms. The summed E-state index contributed by atoms with van der Waals surface area (Å²) >= 11 is 0. The van der Waals surface area contributed by atoms with Gasteiger partial charge in [0.1, 0.15) is 6.61 Å². The minimum atomic E-state index is 0.0975. The number of carbonyl (C=O) groups excluding carboxylic acids is 1. The first-order valence-corrected chi connectivity index (χ1v) is 6.19. The Morgan fingerprint density at radius 3 is 2.65 bits per heavy atom. The third-order valence-electron chi connectivity index (χ3n) is 3.24.